The number of aromatic nitrogens is 1. The smallest absolute Gasteiger partial charge is 0.276 e. The number of nitro groups is 1. The van der Waals surface area contributed by atoms with E-state index in [-0.39, 0.29) is 11.5 Å². The van der Waals surface area contributed by atoms with E-state index in [0.717, 1.165) is 19.6 Å². The van der Waals surface area contributed by atoms with Crippen molar-refractivity contribution in [3.63, 3.8) is 0 Å². The highest BCUT2D eigenvalue weighted by Crippen LogP contribution is 2.19. The maximum absolute atomic E-state index is 10.8. The van der Waals surface area contributed by atoms with Crippen molar-refractivity contribution in [2.45, 2.75) is 19.3 Å². The van der Waals surface area contributed by atoms with E-state index in [4.69, 9.17) is 5.84 Å². The monoisotopic (exact) mass is 280 g/mol. The molecule has 1 aromatic heterocycles. The van der Waals surface area contributed by atoms with Gasteiger partial charge < -0.3 is 15.6 Å². The predicted molar refractivity (Wildman–Crippen MR) is 77.5 cm³/mol. The molecule has 1 fully saturated rings. The van der Waals surface area contributed by atoms with Gasteiger partial charge in [0, 0.05) is 13.1 Å². The molecule has 0 bridgehead atoms. The van der Waals surface area contributed by atoms with E-state index in [9.17, 15) is 10.1 Å². The van der Waals surface area contributed by atoms with Gasteiger partial charge in [-0.3, -0.25) is 10.1 Å². The fourth-order valence-electron chi connectivity index (χ4n) is 2.31. The lowest BCUT2D eigenvalue weighted by molar-refractivity contribution is -0.384. The highest BCUT2D eigenvalue weighted by molar-refractivity contribution is 5.54. The molecule has 8 nitrogen and oxygen atoms in total. The summed E-state index contributed by atoms with van der Waals surface area (Å²) < 4.78 is 0. The van der Waals surface area contributed by atoms with Crippen LogP contribution in [0.4, 0.5) is 17.3 Å². The zero-order chi connectivity index (χ0) is 14.4. The summed E-state index contributed by atoms with van der Waals surface area (Å²) in [4.78, 5) is 16.9. The van der Waals surface area contributed by atoms with Crippen LogP contribution in [0.3, 0.4) is 0 Å². The molecule has 2 heterocycles. The Morgan fingerprint density at radius 2 is 2.00 bits per heavy atom. The average molecular weight is 280 g/mol. The Labute approximate surface area is 117 Å². The summed E-state index contributed by atoms with van der Waals surface area (Å²) in [5.74, 6) is 6.00. The minimum absolute atomic E-state index is 0.0339. The molecule has 1 aromatic rings. The Morgan fingerprint density at radius 1 is 1.30 bits per heavy atom. The molecular formula is C12H20N6O2. The van der Waals surface area contributed by atoms with Crippen molar-refractivity contribution < 1.29 is 4.92 Å². The minimum atomic E-state index is -0.460. The van der Waals surface area contributed by atoms with E-state index >= 15 is 0 Å². The highest BCUT2D eigenvalue weighted by atomic mass is 16.6. The van der Waals surface area contributed by atoms with E-state index in [1.165, 1.54) is 31.4 Å². The zero-order valence-electron chi connectivity index (χ0n) is 11.3. The molecule has 1 saturated heterocycles. The average Bonchev–Trinajstić information content (AvgIpc) is 2.48. The molecule has 0 unspecified atom stereocenters. The molecule has 0 atom stereocenters. The summed E-state index contributed by atoms with van der Waals surface area (Å²) in [6.45, 7) is 3.87. The normalized spacial score (nSPS) is 15.8. The Hall–Kier alpha value is -1.93. The number of likely N-dealkylation sites (tertiary alicyclic amines) is 1. The second kappa shape index (κ2) is 7.01. The maximum Gasteiger partial charge on any atom is 0.276 e. The van der Waals surface area contributed by atoms with E-state index in [1.54, 1.807) is 0 Å². The van der Waals surface area contributed by atoms with Crippen molar-refractivity contribution in [3.8, 4) is 0 Å². The number of pyridine rings is 1. The van der Waals surface area contributed by atoms with Gasteiger partial charge >= 0.3 is 0 Å². The summed E-state index contributed by atoms with van der Waals surface area (Å²) in [6.07, 6.45) is 3.80. The van der Waals surface area contributed by atoms with Crippen molar-refractivity contribution in [2.75, 3.05) is 36.9 Å². The van der Waals surface area contributed by atoms with Gasteiger partial charge in [0.1, 0.15) is 11.6 Å². The lowest BCUT2D eigenvalue weighted by Gasteiger charge is -2.26. The van der Waals surface area contributed by atoms with E-state index in [1.807, 2.05) is 0 Å². The van der Waals surface area contributed by atoms with Crippen molar-refractivity contribution >= 4 is 17.3 Å². The standard InChI is InChI=1S/C12H20N6O2/c13-16-12-9-10(18(19)20)8-11(15-12)14-4-7-17-5-2-1-3-6-17/h8-9H,1-7,13H2,(H2,14,15,16). The van der Waals surface area contributed by atoms with Crippen LogP contribution >= 0.6 is 0 Å². The molecule has 2 rings (SSSR count). The number of anilines is 2. The molecular weight excluding hydrogens is 260 g/mol. The third kappa shape index (κ3) is 4.04. The van der Waals surface area contributed by atoms with Gasteiger partial charge in [-0.25, -0.2) is 10.8 Å². The molecule has 0 radical (unpaired) electrons. The van der Waals surface area contributed by atoms with E-state index in [2.05, 4.69) is 20.6 Å². The van der Waals surface area contributed by atoms with Crippen LogP contribution in [0.2, 0.25) is 0 Å². The summed E-state index contributed by atoms with van der Waals surface area (Å²) in [5.41, 5.74) is 2.30. The first-order chi connectivity index (χ1) is 9.69. The van der Waals surface area contributed by atoms with E-state index in [0.29, 0.717) is 12.4 Å². The topological polar surface area (TPSA) is 109 Å². The van der Waals surface area contributed by atoms with Gasteiger partial charge in [0.15, 0.2) is 0 Å². The Morgan fingerprint density at radius 3 is 2.65 bits per heavy atom. The third-order valence-corrected chi connectivity index (χ3v) is 3.35. The molecule has 0 aromatic carbocycles. The fourth-order valence-corrected chi connectivity index (χ4v) is 2.31. The lowest BCUT2D eigenvalue weighted by Crippen LogP contribution is -2.33. The number of nitrogen functional groups attached to an aromatic ring is 1. The van der Waals surface area contributed by atoms with Crippen LogP contribution in [0.25, 0.3) is 0 Å². The van der Waals surface area contributed by atoms with Crippen LogP contribution in [-0.2, 0) is 0 Å². The van der Waals surface area contributed by atoms with Crippen LogP contribution in [0.5, 0.6) is 0 Å². The summed E-state index contributed by atoms with van der Waals surface area (Å²) >= 11 is 0. The van der Waals surface area contributed by atoms with Crippen LogP contribution in [-0.4, -0.2) is 41.0 Å². The largest absolute Gasteiger partial charge is 0.369 e. The number of nitrogens with zero attached hydrogens (tertiary/aromatic N) is 3. The number of rotatable bonds is 6. The molecule has 8 heteroatoms. The zero-order valence-corrected chi connectivity index (χ0v) is 11.3. The van der Waals surface area contributed by atoms with Gasteiger partial charge in [-0.2, -0.15) is 0 Å². The predicted octanol–water partition coefficient (Wildman–Crippen LogP) is 1.17. The Balaban J connectivity index is 1.91. The summed E-state index contributed by atoms with van der Waals surface area (Å²) in [6, 6.07) is 2.72. The molecule has 1 aliphatic heterocycles. The fraction of sp³-hybridized carbons (Fsp3) is 0.583. The van der Waals surface area contributed by atoms with Crippen LogP contribution in [0.15, 0.2) is 12.1 Å². The minimum Gasteiger partial charge on any atom is -0.369 e. The molecule has 0 amide bonds. The first-order valence-corrected chi connectivity index (χ1v) is 6.78. The molecule has 1 aliphatic rings. The first-order valence-electron chi connectivity index (χ1n) is 6.78. The molecule has 20 heavy (non-hydrogen) atoms. The van der Waals surface area contributed by atoms with Crippen LogP contribution < -0.4 is 16.6 Å². The summed E-state index contributed by atoms with van der Waals surface area (Å²) in [7, 11) is 0. The van der Waals surface area contributed by atoms with Crippen molar-refractivity contribution in [1.29, 1.82) is 0 Å². The Bertz CT molecular complexity index is 461. The maximum atomic E-state index is 10.8. The number of hydrogen-bond donors (Lipinski definition) is 3. The van der Waals surface area contributed by atoms with Crippen LogP contribution in [0, 0.1) is 10.1 Å². The number of nitrogens with two attached hydrogens (primary N) is 1. The second-order valence-electron chi connectivity index (χ2n) is 4.83. The van der Waals surface area contributed by atoms with Gasteiger partial charge in [-0.15, -0.1) is 0 Å². The molecule has 0 spiro atoms. The van der Waals surface area contributed by atoms with Gasteiger partial charge in [0.05, 0.1) is 17.1 Å². The number of hydrazine groups is 1. The van der Waals surface area contributed by atoms with Crippen molar-refractivity contribution in [3.05, 3.63) is 22.2 Å². The van der Waals surface area contributed by atoms with Gasteiger partial charge in [-0.05, 0) is 25.9 Å². The number of piperidine rings is 1. The van der Waals surface area contributed by atoms with Crippen molar-refractivity contribution in [2.24, 2.45) is 5.84 Å². The SMILES string of the molecule is NNc1cc([N+](=O)[O-])cc(NCCN2CCCCC2)n1. The van der Waals surface area contributed by atoms with Gasteiger partial charge in [0.25, 0.3) is 5.69 Å². The lowest BCUT2D eigenvalue weighted by atomic mass is 10.1. The molecule has 110 valence electrons. The van der Waals surface area contributed by atoms with E-state index < -0.39 is 4.92 Å². The molecule has 0 saturated carbocycles. The van der Waals surface area contributed by atoms with Gasteiger partial charge in [0.2, 0.25) is 0 Å². The van der Waals surface area contributed by atoms with Gasteiger partial charge in [-0.1, -0.05) is 6.42 Å². The number of nitrogens with one attached hydrogen (secondary N) is 2. The first kappa shape index (κ1) is 14.5. The highest BCUT2D eigenvalue weighted by Gasteiger charge is 2.12. The molecule has 0 aliphatic carbocycles. The quantitative estimate of drug-likeness (QED) is 0.407. The third-order valence-electron chi connectivity index (χ3n) is 3.35. The number of hydrogen-bond acceptors (Lipinski definition) is 7. The summed E-state index contributed by atoms with van der Waals surface area (Å²) in [5, 5.41) is 13.9. The Kier molecular flexibility index (Phi) is 5.08. The van der Waals surface area contributed by atoms with Crippen molar-refractivity contribution in [1.82, 2.24) is 9.88 Å². The van der Waals surface area contributed by atoms with Crippen LogP contribution in [0.1, 0.15) is 19.3 Å². The molecule has 4 N–H and O–H groups in total. The second-order valence-corrected chi connectivity index (χ2v) is 4.83.